The number of hydrogen-bond donors (Lipinski definition) is 4. The molecule has 4 N–H and O–H groups in total. The topological polar surface area (TPSA) is 107 Å². The Morgan fingerprint density at radius 3 is 2.38 bits per heavy atom. The number of rotatable bonds is 5. The predicted molar refractivity (Wildman–Crippen MR) is 115 cm³/mol. The molecule has 1 heterocycles. The van der Waals surface area contributed by atoms with E-state index in [-0.39, 0.29) is 29.5 Å². The lowest BCUT2D eigenvalue weighted by molar-refractivity contribution is -0.121. The van der Waals surface area contributed by atoms with Crippen LogP contribution in [0.4, 0.5) is 5.69 Å². The van der Waals surface area contributed by atoms with Gasteiger partial charge in [0.1, 0.15) is 0 Å². The van der Waals surface area contributed by atoms with Gasteiger partial charge >= 0.3 is 5.69 Å². The molecule has 0 unspecified atom stereocenters. The lowest BCUT2D eigenvalue weighted by atomic mass is 9.87. The zero-order valence-electron chi connectivity index (χ0n) is 16.6. The summed E-state index contributed by atoms with van der Waals surface area (Å²) in [6, 6.07) is 13.0. The molecule has 2 aromatic carbocycles. The van der Waals surface area contributed by atoms with E-state index in [1.54, 1.807) is 24.3 Å². The van der Waals surface area contributed by atoms with Crippen LogP contribution in [0.5, 0.6) is 0 Å². The first kappa shape index (κ1) is 20.1. The summed E-state index contributed by atoms with van der Waals surface area (Å²) in [4.78, 5) is 40.5. The smallest absolute Gasteiger partial charge is 0.323 e. The minimum absolute atomic E-state index is 0.0773. The molecule has 0 spiro atoms. The Balaban J connectivity index is 1.50. The summed E-state index contributed by atoms with van der Waals surface area (Å²) in [6.07, 6.45) is 3.10. The van der Waals surface area contributed by atoms with Crippen LogP contribution in [0.25, 0.3) is 17.1 Å². The van der Waals surface area contributed by atoms with Gasteiger partial charge in [-0.25, -0.2) is 4.79 Å². The molecule has 0 bridgehead atoms. The summed E-state index contributed by atoms with van der Waals surface area (Å²) in [5, 5.41) is 5.23. The van der Waals surface area contributed by atoms with Gasteiger partial charge in [0.15, 0.2) is 0 Å². The molecule has 0 aliphatic rings. The highest BCUT2D eigenvalue weighted by Crippen LogP contribution is 2.22. The molecular formula is C22H24N4O3. The first-order valence-electron chi connectivity index (χ1n) is 9.29. The molecule has 0 aliphatic carbocycles. The standard InChI is InChI=1S/C22H24N4O3/c1-22(2,3)15-7-4-14(5-8-15)6-11-19(27)23-13-20(28)24-16-9-10-17-18(12-16)26-21(29)25-17/h4-12H,13H2,1-3H3,(H,23,27)(H,24,28)(H2,25,26,29). The molecular weight excluding hydrogens is 368 g/mol. The van der Waals surface area contributed by atoms with E-state index >= 15 is 0 Å². The zero-order valence-corrected chi connectivity index (χ0v) is 16.6. The number of aromatic amines is 2. The second-order valence-electron chi connectivity index (χ2n) is 7.81. The molecule has 0 aliphatic heterocycles. The van der Waals surface area contributed by atoms with Crippen molar-refractivity contribution in [3.63, 3.8) is 0 Å². The van der Waals surface area contributed by atoms with Crippen LogP contribution in [0.15, 0.2) is 53.3 Å². The van der Waals surface area contributed by atoms with Crippen molar-refractivity contribution in [2.75, 3.05) is 11.9 Å². The summed E-state index contributed by atoms with van der Waals surface area (Å²) in [5.74, 6) is -0.719. The average molecular weight is 392 g/mol. The van der Waals surface area contributed by atoms with Crippen molar-refractivity contribution < 1.29 is 9.59 Å². The minimum Gasteiger partial charge on any atom is -0.343 e. The van der Waals surface area contributed by atoms with E-state index in [1.807, 2.05) is 24.3 Å². The van der Waals surface area contributed by atoms with Crippen LogP contribution in [-0.4, -0.2) is 28.3 Å². The number of imidazole rings is 1. The molecule has 0 radical (unpaired) electrons. The van der Waals surface area contributed by atoms with Crippen molar-refractivity contribution in [3.8, 4) is 0 Å². The van der Waals surface area contributed by atoms with Crippen LogP contribution < -0.4 is 16.3 Å². The minimum atomic E-state index is -0.362. The molecule has 7 nitrogen and oxygen atoms in total. The van der Waals surface area contributed by atoms with E-state index in [9.17, 15) is 14.4 Å². The fourth-order valence-electron chi connectivity index (χ4n) is 2.81. The van der Waals surface area contributed by atoms with Crippen LogP contribution in [0.2, 0.25) is 0 Å². The van der Waals surface area contributed by atoms with E-state index in [4.69, 9.17) is 0 Å². The van der Waals surface area contributed by atoms with Crippen molar-refractivity contribution in [3.05, 3.63) is 70.2 Å². The third kappa shape index (κ3) is 5.44. The number of hydrogen-bond acceptors (Lipinski definition) is 3. The van der Waals surface area contributed by atoms with Crippen LogP contribution in [-0.2, 0) is 15.0 Å². The maximum absolute atomic E-state index is 12.0. The Morgan fingerprint density at radius 1 is 1.00 bits per heavy atom. The van der Waals surface area contributed by atoms with Gasteiger partial charge in [0, 0.05) is 11.8 Å². The summed E-state index contributed by atoms with van der Waals surface area (Å²) < 4.78 is 0. The monoisotopic (exact) mass is 392 g/mol. The van der Waals surface area contributed by atoms with Gasteiger partial charge < -0.3 is 20.6 Å². The van der Waals surface area contributed by atoms with Gasteiger partial charge in [0.05, 0.1) is 17.6 Å². The van der Waals surface area contributed by atoms with Crippen molar-refractivity contribution in [1.29, 1.82) is 0 Å². The Bertz CT molecular complexity index is 1120. The highest BCUT2D eigenvalue weighted by atomic mass is 16.2. The lowest BCUT2D eigenvalue weighted by Gasteiger charge is -2.18. The molecule has 2 amide bonds. The van der Waals surface area contributed by atoms with Gasteiger partial charge in [-0.05, 0) is 40.8 Å². The third-order valence-corrected chi connectivity index (χ3v) is 4.43. The molecule has 0 fully saturated rings. The third-order valence-electron chi connectivity index (χ3n) is 4.43. The molecule has 0 atom stereocenters. The van der Waals surface area contributed by atoms with Gasteiger partial charge in [0.25, 0.3) is 0 Å². The van der Waals surface area contributed by atoms with Gasteiger partial charge in [-0.1, -0.05) is 45.0 Å². The zero-order chi connectivity index (χ0) is 21.0. The van der Waals surface area contributed by atoms with E-state index < -0.39 is 0 Å². The van der Waals surface area contributed by atoms with Crippen LogP contribution in [0, 0.1) is 0 Å². The normalized spacial score (nSPS) is 11.7. The van der Waals surface area contributed by atoms with E-state index in [0.717, 1.165) is 5.56 Å². The fourth-order valence-corrected chi connectivity index (χ4v) is 2.81. The highest BCUT2D eigenvalue weighted by Gasteiger charge is 2.12. The van der Waals surface area contributed by atoms with Crippen molar-refractivity contribution >= 4 is 34.6 Å². The quantitative estimate of drug-likeness (QED) is 0.502. The fraction of sp³-hybridized carbons (Fsp3) is 0.227. The Morgan fingerprint density at radius 2 is 1.69 bits per heavy atom. The summed E-state index contributed by atoms with van der Waals surface area (Å²) >= 11 is 0. The molecule has 1 aromatic heterocycles. The van der Waals surface area contributed by atoms with E-state index in [1.165, 1.54) is 11.6 Å². The highest BCUT2D eigenvalue weighted by molar-refractivity contribution is 5.98. The Labute approximate surface area is 168 Å². The van der Waals surface area contributed by atoms with Crippen LogP contribution in [0.3, 0.4) is 0 Å². The van der Waals surface area contributed by atoms with Crippen LogP contribution >= 0.6 is 0 Å². The molecule has 150 valence electrons. The Hall–Kier alpha value is -3.61. The number of nitrogens with one attached hydrogen (secondary N) is 4. The summed E-state index contributed by atoms with van der Waals surface area (Å²) in [6.45, 7) is 6.28. The molecule has 29 heavy (non-hydrogen) atoms. The SMILES string of the molecule is CC(C)(C)c1ccc(C=CC(=O)NCC(=O)Nc2ccc3[nH]c(=O)[nH]c3c2)cc1. The molecule has 0 saturated carbocycles. The predicted octanol–water partition coefficient (Wildman–Crippen LogP) is 2.92. The lowest BCUT2D eigenvalue weighted by Crippen LogP contribution is -2.31. The number of amides is 2. The maximum atomic E-state index is 12.0. The average Bonchev–Trinajstić information content (AvgIpc) is 3.03. The molecule has 3 aromatic rings. The number of carbonyl (C=O) groups is 2. The number of carbonyl (C=O) groups excluding carboxylic acids is 2. The second-order valence-corrected chi connectivity index (χ2v) is 7.81. The van der Waals surface area contributed by atoms with Crippen molar-refractivity contribution in [2.45, 2.75) is 26.2 Å². The number of H-pyrrole nitrogens is 2. The number of fused-ring (bicyclic) bond motifs is 1. The number of aromatic nitrogens is 2. The summed E-state index contributed by atoms with van der Waals surface area (Å²) in [5.41, 5.74) is 3.67. The molecule has 7 heteroatoms. The molecule has 0 saturated heterocycles. The molecule has 3 rings (SSSR count). The van der Waals surface area contributed by atoms with Crippen molar-refractivity contribution in [2.24, 2.45) is 0 Å². The summed E-state index contributed by atoms with van der Waals surface area (Å²) in [7, 11) is 0. The first-order valence-corrected chi connectivity index (χ1v) is 9.29. The number of anilines is 1. The second kappa shape index (κ2) is 8.18. The van der Waals surface area contributed by atoms with E-state index in [0.29, 0.717) is 16.7 Å². The van der Waals surface area contributed by atoms with Gasteiger partial charge in [-0.15, -0.1) is 0 Å². The number of benzene rings is 2. The van der Waals surface area contributed by atoms with Crippen LogP contribution in [0.1, 0.15) is 31.9 Å². The van der Waals surface area contributed by atoms with E-state index in [2.05, 4.69) is 41.4 Å². The van der Waals surface area contributed by atoms with Crippen molar-refractivity contribution in [1.82, 2.24) is 15.3 Å². The first-order chi connectivity index (χ1) is 13.7. The largest absolute Gasteiger partial charge is 0.343 e. The van der Waals surface area contributed by atoms with Gasteiger partial charge in [0.2, 0.25) is 11.8 Å². The van der Waals surface area contributed by atoms with Gasteiger partial charge in [-0.3, -0.25) is 9.59 Å². The maximum Gasteiger partial charge on any atom is 0.323 e. The van der Waals surface area contributed by atoms with Gasteiger partial charge in [-0.2, -0.15) is 0 Å². The Kier molecular flexibility index (Phi) is 5.68.